The summed E-state index contributed by atoms with van der Waals surface area (Å²) in [6.07, 6.45) is 2.37. The van der Waals surface area contributed by atoms with Crippen molar-refractivity contribution < 1.29 is 46.3 Å². The van der Waals surface area contributed by atoms with Gasteiger partial charge in [-0.3, -0.25) is 4.79 Å². The lowest BCUT2D eigenvalue weighted by Crippen LogP contribution is -3.00. The van der Waals surface area contributed by atoms with E-state index in [0.717, 1.165) is 29.4 Å². The molecule has 3 N–H and O–H groups in total. The van der Waals surface area contributed by atoms with Crippen molar-refractivity contribution in [1.82, 2.24) is 0 Å². The Morgan fingerprint density at radius 1 is 1.27 bits per heavy atom. The third-order valence-electron chi connectivity index (χ3n) is 6.48. The van der Waals surface area contributed by atoms with Crippen LogP contribution < -0.4 is 17.0 Å². The van der Waals surface area contributed by atoms with Gasteiger partial charge < -0.3 is 41.5 Å². The molecule has 3 fully saturated rings. The van der Waals surface area contributed by atoms with E-state index >= 15 is 0 Å². The molecule has 2 unspecified atom stereocenters. The molecule has 0 aromatic heterocycles. The van der Waals surface area contributed by atoms with Gasteiger partial charge in [-0.05, 0) is 12.5 Å². The Hall–Kier alpha value is -0.990. The first-order valence-corrected chi connectivity index (χ1v) is 8.95. The minimum Gasteiger partial charge on any atom is -1.00 e. The van der Waals surface area contributed by atoms with Crippen LogP contribution >= 0.6 is 0 Å². The highest BCUT2D eigenvalue weighted by Crippen LogP contribution is 2.52. The summed E-state index contributed by atoms with van der Waals surface area (Å²) in [5, 5.41) is 9.64. The van der Waals surface area contributed by atoms with E-state index in [1.807, 2.05) is 30.3 Å². The minimum absolute atomic E-state index is 0. The number of nitrogens with zero attached hydrogens (tertiary/aromatic N) is 1. The van der Waals surface area contributed by atoms with Gasteiger partial charge in [0.2, 0.25) is 0 Å². The molecule has 6 nitrogen and oxygen atoms in total. The quantitative estimate of drug-likeness (QED) is 0.321. The lowest BCUT2D eigenvalue weighted by Gasteiger charge is -2.47. The zero-order chi connectivity index (χ0) is 16.9. The molecule has 146 valence electrons. The number of esters is 1. The smallest absolute Gasteiger partial charge is 0.316 e. The molecule has 1 aromatic carbocycles. The summed E-state index contributed by atoms with van der Waals surface area (Å²) in [7, 11) is 2.31. The number of aliphatic hydroxyl groups excluding tert-OH is 1. The van der Waals surface area contributed by atoms with Gasteiger partial charge in [0, 0.05) is 12.8 Å². The summed E-state index contributed by atoms with van der Waals surface area (Å²) in [6, 6.07) is 10.2. The van der Waals surface area contributed by atoms with Crippen LogP contribution in [-0.4, -0.2) is 71.6 Å². The fourth-order valence-corrected chi connectivity index (χ4v) is 4.87. The Morgan fingerprint density at radius 3 is 2.35 bits per heavy atom. The highest BCUT2D eigenvalue weighted by atomic mass is 79.9. The summed E-state index contributed by atoms with van der Waals surface area (Å²) in [4.78, 5) is 12.6. The average molecular weight is 430 g/mol. The van der Waals surface area contributed by atoms with Crippen LogP contribution in [0.15, 0.2) is 30.3 Å². The number of ether oxygens (including phenoxy) is 2. The summed E-state index contributed by atoms with van der Waals surface area (Å²) in [6.45, 7) is 3.10. The fraction of sp³-hybridized carbons (Fsp3) is 0.632. The molecule has 7 atom stereocenters. The zero-order valence-electron chi connectivity index (χ0n) is 15.2. The second-order valence-electron chi connectivity index (χ2n) is 7.54. The number of rotatable bonds is 5. The van der Waals surface area contributed by atoms with Gasteiger partial charge in [0.05, 0.1) is 20.2 Å². The van der Waals surface area contributed by atoms with Gasteiger partial charge in [0.15, 0.2) is 0 Å². The number of aliphatic hydroxyl groups is 1. The summed E-state index contributed by atoms with van der Waals surface area (Å²) in [5.41, 5.74) is 0.809. The average Bonchev–Trinajstić information content (AvgIpc) is 3.35. The van der Waals surface area contributed by atoms with Crippen molar-refractivity contribution >= 4 is 5.97 Å². The summed E-state index contributed by atoms with van der Waals surface area (Å²) >= 11 is 0. The molecule has 0 spiro atoms. The largest absolute Gasteiger partial charge is 1.00 e. The van der Waals surface area contributed by atoms with E-state index in [1.54, 1.807) is 0 Å². The van der Waals surface area contributed by atoms with E-state index in [0.29, 0.717) is 24.3 Å². The molecule has 4 rings (SSSR count). The Bertz CT molecular complexity index is 610. The molecule has 3 aliphatic heterocycles. The topological polar surface area (TPSA) is 90.6 Å². The second kappa shape index (κ2) is 7.94. The fourth-order valence-electron chi connectivity index (χ4n) is 4.87. The van der Waals surface area contributed by atoms with Gasteiger partial charge in [-0.15, -0.1) is 0 Å². The Labute approximate surface area is 164 Å². The Kier molecular flexibility index (Phi) is 6.51. The standard InChI is InChI=1S/C19H26NO4.BrH.H2O/c1-3-20(2)15-9-13(10-16(20)18-17(15)24-18)23-19(22)14(11-21)12-7-5-4-6-8-12;;/h4-8,13-18,21H,3,9-11H2,1-2H3;1H;1H2/q+1;;/p-1/t13?,14-,15-,16+,17-,18+,20?;;/m1../s1. The predicted octanol–water partition coefficient (Wildman–Crippen LogP) is -2.37. The van der Waals surface area contributed by atoms with Crippen LogP contribution in [0.25, 0.3) is 0 Å². The third kappa shape index (κ3) is 3.31. The maximum atomic E-state index is 12.6. The van der Waals surface area contributed by atoms with E-state index in [2.05, 4.69) is 14.0 Å². The van der Waals surface area contributed by atoms with Crippen LogP contribution in [0.1, 0.15) is 31.2 Å². The van der Waals surface area contributed by atoms with Crippen LogP contribution in [-0.2, 0) is 14.3 Å². The van der Waals surface area contributed by atoms with Gasteiger partial charge in [-0.1, -0.05) is 30.3 Å². The number of halogens is 1. The van der Waals surface area contributed by atoms with E-state index in [1.165, 1.54) is 0 Å². The van der Waals surface area contributed by atoms with E-state index < -0.39 is 5.92 Å². The van der Waals surface area contributed by atoms with E-state index in [9.17, 15) is 9.90 Å². The van der Waals surface area contributed by atoms with Crippen LogP contribution in [0.3, 0.4) is 0 Å². The normalized spacial score (nSPS) is 37.6. The molecule has 0 radical (unpaired) electrons. The number of hydrogen-bond acceptors (Lipinski definition) is 4. The molecule has 3 saturated heterocycles. The first-order valence-electron chi connectivity index (χ1n) is 8.95. The highest BCUT2D eigenvalue weighted by molar-refractivity contribution is 5.78. The monoisotopic (exact) mass is 429 g/mol. The van der Waals surface area contributed by atoms with Crippen molar-refractivity contribution in [3.63, 3.8) is 0 Å². The van der Waals surface area contributed by atoms with Crippen molar-refractivity contribution in [3.8, 4) is 0 Å². The number of morpholine rings is 1. The first kappa shape index (κ1) is 21.3. The second-order valence-corrected chi connectivity index (χ2v) is 7.54. The zero-order valence-corrected chi connectivity index (χ0v) is 16.8. The molecule has 2 bridgehead atoms. The number of epoxide rings is 1. The number of fused-ring (bicyclic) bond motifs is 5. The van der Waals surface area contributed by atoms with Crippen molar-refractivity contribution in [1.29, 1.82) is 0 Å². The first-order chi connectivity index (χ1) is 11.6. The molecule has 0 saturated carbocycles. The predicted molar refractivity (Wildman–Crippen MR) is 92.0 cm³/mol. The number of piperidine rings is 1. The molecule has 0 amide bonds. The van der Waals surface area contributed by atoms with E-state index in [4.69, 9.17) is 9.47 Å². The summed E-state index contributed by atoms with van der Waals surface area (Å²) < 4.78 is 12.7. The lowest BCUT2D eigenvalue weighted by molar-refractivity contribution is -0.954. The minimum atomic E-state index is -0.594. The van der Waals surface area contributed by atoms with Crippen molar-refractivity contribution in [2.24, 2.45) is 0 Å². The van der Waals surface area contributed by atoms with Crippen LogP contribution in [0, 0.1) is 0 Å². The molecule has 7 heteroatoms. The van der Waals surface area contributed by atoms with Crippen molar-refractivity contribution in [2.45, 2.75) is 56.1 Å². The molecular weight excluding hydrogens is 402 g/mol. The Balaban J connectivity index is 0.00000121. The molecule has 0 aliphatic carbocycles. The van der Waals surface area contributed by atoms with Gasteiger partial charge in [0.25, 0.3) is 0 Å². The Morgan fingerprint density at radius 2 is 1.85 bits per heavy atom. The number of quaternary nitrogens is 1. The number of hydrogen-bond donors (Lipinski definition) is 1. The van der Waals surface area contributed by atoms with Gasteiger partial charge in [0.1, 0.15) is 36.3 Å². The van der Waals surface area contributed by atoms with Gasteiger partial charge in [-0.25, -0.2) is 0 Å². The molecule has 26 heavy (non-hydrogen) atoms. The van der Waals surface area contributed by atoms with Crippen molar-refractivity contribution in [2.75, 3.05) is 20.2 Å². The van der Waals surface area contributed by atoms with Crippen LogP contribution in [0.4, 0.5) is 0 Å². The summed E-state index contributed by atoms with van der Waals surface area (Å²) in [5.74, 6) is -0.904. The molecule has 3 aliphatic rings. The number of benzene rings is 1. The maximum Gasteiger partial charge on any atom is 0.316 e. The lowest BCUT2D eigenvalue weighted by atomic mass is 9.95. The van der Waals surface area contributed by atoms with Crippen LogP contribution in [0.2, 0.25) is 0 Å². The van der Waals surface area contributed by atoms with Crippen LogP contribution in [0.5, 0.6) is 0 Å². The number of likely N-dealkylation sites (N-methyl/N-ethyl adjacent to an activating group) is 1. The van der Waals surface area contributed by atoms with Gasteiger partial charge >= 0.3 is 5.97 Å². The molecule has 3 heterocycles. The molecule has 1 aromatic rings. The number of carbonyl (C=O) groups excluding carboxylic acids is 1. The third-order valence-corrected chi connectivity index (χ3v) is 6.48. The molecular formula is C19H28BrNO5. The highest BCUT2D eigenvalue weighted by Gasteiger charge is 2.71. The van der Waals surface area contributed by atoms with Gasteiger partial charge in [-0.2, -0.15) is 0 Å². The number of carbonyl (C=O) groups is 1. The maximum absolute atomic E-state index is 12.6. The van der Waals surface area contributed by atoms with Crippen molar-refractivity contribution in [3.05, 3.63) is 35.9 Å². The SMILES string of the molecule is CC[N+]1(C)[C@@H]2CC(OC(=O)[C@H](CO)c3ccccc3)C[C@H]1[C@@H]1O[C@@H]12.O.[Br-]. The van der Waals surface area contributed by atoms with E-state index in [-0.39, 0.29) is 41.1 Å².